The first-order valence-electron chi connectivity index (χ1n) is 7.38. The van der Waals surface area contributed by atoms with E-state index in [1.54, 1.807) is 19.1 Å². The molecule has 3 rings (SSSR count). The molecule has 24 heavy (non-hydrogen) atoms. The number of nitrogens with one attached hydrogen (secondary N) is 1. The van der Waals surface area contributed by atoms with Gasteiger partial charge in [-0.2, -0.15) is 0 Å². The topological polar surface area (TPSA) is 91.1 Å². The number of aryl methyl sites for hydroxylation is 1. The minimum atomic E-state index is -0.295. The molecule has 0 aliphatic rings. The summed E-state index contributed by atoms with van der Waals surface area (Å²) in [5.74, 6) is -0.0622. The summed E-state index contributed by atoms with van der Waals surface area (Å²) in [7, 11) is 0. The van der Waals surface area contributed by atoms with Crippen LogP contribution in [0.1, 0.15) is 16.8 Å². The molecule has 0 aliphatic carbocycles. The standard InChI is InChI=1S/C18H17N3O3/c1-11-15(8-16-13(10-22)9-19-12(2)17(16)23)18(24)21(20-11)14-6-4-3-5-7-14/h3-9,20,22-23H,1,10H2,2H3. The number of nitrogens with zero attached hydrogens (tertiary/aromatic N) is 2. The Morgan fingerprint density at radius 3 is 2.71 bits per heavy atom. The van der Waals surface area contributed by atoms with Crippen molar-refractivity contribution < 1.29 is 10.2 Å². The third-order valence-corrected chi connectivity index (χ3v) is 3.84. The van der Waals surface area contributed by atoms with Crippen LogP contribution >= 0.6 is 0 Å². The second kappa shape index (κ2) is 6.17. The number of aromatic nitrogens is 3. The summed E-state index contributed by atoms with van der Waals surface area (Å²) in [6.45, 7) is 5.22. The zero-order valence-electron chi connectivity index (χ0n) is 13.2. The number of rotatable bonds is 3. The molecule has 3 N–H and O–H groups in total. The largest absolute Gasteiger partial charge is 0.505 e. The fourth-order valence-corrected chi connectivity index (χ4v) is 2.49. The highest BCUT2D eigenvalue weighted by atomic mass is 16.3. The Labute approximate surface area is 137 Å². The molecule has 6 heteroatoms. The Morgan fingerprint density at radius 1 is 1.33 bits per heavy atom. The molecule has 1 aromatic carbocycles. The maximum Gasteiger partial charge on any atom is 0.279 e. The molecule has 0 bridgehead atoms. The Balaban J connectivity index is 2.28. The van der Waals surface area contributed by atoms with E-state index >= 15 is 0 Å². The number of aromatic hydroxyl groups is 1. The van der Waals surface area contributed by atoms with Gasteiger partial charge in [-0.05, 0) is 25.1 Å². The Bertz CT molecular complexity index is 1050. The van der Waals surface area contributed by atoms with Crippen LogP contribution in [0.2, 0.25) is 0 Å². The first kappa shape index (κ1) is 15.8. The predicted molar refractivity (Wildman–Crippen MR) is 91.3 cm³/mol. The van der Waals surface area contributed by atoms with E-state index in [9.17, 15) is 15.0 Å². The van der Waals surface area contributed by atoms with Crippen LogP contribution < -0.4 is 16.1 Å². The van der Waals surface area contributed by atoms with Crippen molar-refractivity contribution in [2.24, 2.45) is 0 Å². The van der Waals surface area contributed by atoms with Crippen LogP contribution in [0.15, 0.2) is 41.3 Å². The van der Waals surface area contributed by atoms with Crippen molar-refractivity contribution in [3.63, 3.8) is 0 Å². The lowest BCUT2D eigenvalue weighted by Crippen LogP contribution is -2.34. The molecule has 0 aliphatic heterocycles. The molecule has 3 aromatic rings. The second-order valence-corrected chi connectivity index (χ2v) is 5.41. The van der Waals surface area contributed by atoms with Crippen LogP contribution in [0.4, 0.5) is 0 Å². The Hall–Kier alpha value is -3.12. The molecule has 0 atom stereocenters. The van der Waals surface area contributed by atoms with Crippen molar-refractivity contribution in [3.05, 3.63) is 74.3 Å². The third kappa shape index (κ3) is 2.63. The van der Waals surface area contributed by atoms with Crippen molar-refractivity contribution >= 4 is 12.7 Å². The van der Waals surface area contributed by atoms with Gasteiger partial charge in [-0.25, -0.2) is 4.68 Å². The summed E-state index contributed by atoms with van der Waals surface area (Å²) in [4.78, 5) is 16.7. The van der Waals surface area contributed by atoms with E-state index in [1.165, 1.54) is 17.0 Å². The van der Waals surface area contributed by atoms with Crippen LogP contribution in [0.3, 0.4) is 0 Å². The average molecular weight is 323 g/mol. The van der Waals surface area contributed by atoms with Gasteiger partial charge in [0.2, 0.25) is 0 Å². The van der Waals surface area contributed by atoms with Crippen LogP contribution in [0.25, 0.3) is 18.3 Å². The Morgan fingerprint density at radius 2 is 2.04 bits per heavy atom. The van der Waals surface area contributed by atoms with E-state index in [0.717, 1.165) is 0 Å². The first-order valence-corrected chi connectivity index (χ1v) is 7.38. The molecule has 0 spiro atoms. The number of aromatic amines is 1. The number of para-hydroxylation sites is 1. The van der Waals surface area contributed by atoms with E-state index in [0.29, 0.717) is 33.1 Å². The van der Waals surface area contributed by atoms with Crippen molar-refractivity contribution in [1.82, 2.24) is 14.8 Å². The highest BCUT2D eigenvalue weighted by Crippen LogP contribution is 2.24. The fraction of sp³-hybridized carbons (Fsp3) is 0.111. The number of H-pyrrole nitrogens is 1. The minimum Gasteiger partial charge on any atom is -0.505 e. The summed E-state index contributed by atoms with van der Waals surface area (Å²) in [6, 6.07) is 9.12. The van der Waals surface area contributed by atoms with Crippen LogP contribution in [0.5, 0.6) is 5.75 Å². The van der Waals surface area contributed by atoms with Crippen LogP contribution in [0, 0.1) is 6.92 Å². The van der Waals surface area contributed by atoms with E-state index < -0.39 is 0 Å². The van der Waals surface area contributed by atoms with Crippen LogP contribution in [-0.2, 0) is 6.61 Å². The smallest absolute Gasteiger partial charge is 0.279 e. The van der Waals surface area contributed by atoms with Crippen LogP contribution in [-0.4, -0.2) is 25.0 Å². The summed E-state index contributed by atoms with van der Waals surface area (Å²) >= 11 is 0. The molecular weight excluding hydrogens is 306 g/mol. The van der Waals surface area contributed by atoms with Gasteiger partial charge < -0.3 is 10.2 Å². The quantitative estimate of drug-likeness (QED) is 0.647. The number of hydrogen-bond donors (Lipinski definition) is 3. The van der Waals surface area contributed by atoms with Gasteiger partial charge in [0.1, 0.15) is 5.75 Å². The molecule has 2 heterocycles. The van der Waals surface area contributed by atoms with Gasteiger partial charge in [-0.1, -0.05) is 24.8 Å². The molecule has 0 unspecified atom stereocenters. The molecule has 0 amide bonds. The molecule has 0 saturated heterocycles. The number of hydrogen-bond acceptors (Lipinski definition) is 4. The average Bonchev–Trinajstić information content (AvgIpc) is 2.88. The zero-order chi connectivity index (χ0) is 17.3. The first-order chi connectivity index (χ1) is 11.5. The van der Waals surface area contributed by atoms with Gasteiger partial charge in [0.25, 0.3) is 5.56 Å². The minimum absolute atomic E-state index is 0.0622. The number of pyridine rings is 1. The predicted octanol–water partition coefficient (Wildman–Crippen LogP) is 0.306. The zero-order valence-corrected chi connectivity index (χ0v) is 13.2. The summed E-state index contributed by atoms with van der Waals surface area (Å²) < 4.78 is 1.39. The lowest BCUT2D eigenvalue weighted by Gasteiger charge is -2.06. The summed E-state index contributed by atoms with van der Waals surface area (Å²) in [6.07, 6.45) is 3.00. The lowest BCUT2D eigenvalue weighted by molar-refractivity contribution is 0.280. The highest BCUT2D eigenvalue weighted by molar-refractivity contribution is 5.61. The van der Waals surface area contributed by atoms with Gasteiger partial charge in [0.15, 0.2) is 0 Å². The Kier molecular flexibility index (Phi) is 4.05. The van der Waals surface area contributed by atoms with E-state index in [1.807, 2.05) is 18.2 Å². The van der Waals surface area contributed by atoms with E-state index in [4.69, 9.17) is 0 Å². The van der Waals surface area contributed by atoms with Crippen molar-refractivity contribution in [3.8, 4) is 11.4 Å². The van der Waals surface area contributed by atoms with Gasteiger partial charge in [0, 0.05) is 17.3 Å². The van der Waals surface area contributed by atoms with Gasteiger partial charge in [-0.3, -0.25) is 14.9 Å². The summed E-state index contributed by atoms with van der Waals surface area (Å²) in [5, 5.41) is 23.3. The van der Waals surface area contributed by atoms with Gasteiger partial charge in [-0.15, -0.1) is 0 Å². The highest BCUT2D eigenvalue weighted by Gasteiger charge is 2.11. The van der Waals surface area contributed by atoms with Crippen molar-refractivity contribution in [2.45, 2.75) is 13.5 Å². The maximum absolute atomic E-state index is 12.7. The van der Waals surface area contributed by atoms with Gasteiger partial charge >= 0.3 is 0 Å². The molecule has 2 aromatic heterocycles. The molecule has 0 radical (unpaired) electrons. The molecule has 6 nitrogen and oxygen atoms in total. The molecule has 0 saturated carbocycles. The molecular formula is C18H17N3O3. The van der Waals surface area contributed by atoms with Crippen molar-refractivity contribution in [1.29, 1.82) is 0 Å². The second-order valence-electron chi connectivity index (χ2n) is 5.41. The van der Waals surface area contributed by atoms with E-state index in [-0.39, 0.29) is 17.9 Å². The monoisotopic (exact) mass is 323 g/mol. The summed E-state index contributed by atoms with van der Waals surface area (Å²) in [5.41, 5.74) is 1.62. The SMILES string of the molecule is C=c1[nH]n(-c2ccccc2)c(=O)c1=Cc1c(CO)cnc(C)c1O. The molecule has 0 fully saturated rings. The maximum atomic E-state index is 12.7. The van der Waals surface area contributed by atoms with E-state index in [2.05, 4.69) is 16.7 Å². The fourth-order valence-electron chi connectivity index (χ4n) is 2.49. The van der Waals surface area contributed by atoms with Crippen molar-refractivity contribution in [2.75, 3.05) is 0 Å². The normalized spacial score (nSPS) is 11.8. The number of aliphatic hydroxyl groups is 1. The number of aliphatic hydroxyl groups excluding tert-OH is 1. The third-order valence-electron chi connectivity index (χ3n) is 3.84. The van der Waals surface area contributed by atoms with Gasteiger partial charge in [0.05, 0.1) is 28.6 Å². The lowest BCUT2D eigenvalue weighted by atomic mass is 10.1. The molecule has 122 valence electrons. The number of benzene rings is 1.